The maximum atomic E-state index is 5.30. The molecule has 0 fully saturated rings. The Labute approximate surface area is 113 Å². The van der Waals surface area contributed by atoms with E-state index in [0.29, 0.717) is 6.04 Å². The van der Waals surface area contributed by atoms with Gasteiger partial charge in [0.05, 0.1) is 24.5 Å². The lowest BCUT2D eigenvalue weighted by Crippen LogP contribution is -2.11. The molecule has 0 aliphatic carbocycles. The number of rotatable bonds is 2. The fourth-order valence-corrected chi connectivity index (χ4v) is 2.48. The topological polar surface area (TPSA) is 33.3 Å². The van der Waals surface area contributed by atoms with Gasteiger partial charge in [-0.25, -0.2) is 0 Å². The van der Waals surface area contributed by atoms with Crippen LogP contribution in [0, 0.1) is 0 Å². The number of ether oxygens (including phenoxy) is 1. The molecule has 2 aromatic rings. The van der Waals surface area contributed by atoms with Gasteiger partial charge < -0.3 is 15.4 Å². The Hall–Kier alpha value is -2.16. The molecule has 1 atom stereocenters. The van der Waals surface area contributed by atoms with Crippen LogP contribution in [0.25, 0.3) is 0 Å². The summed E-state index contributed by atoms with van der Waals surface area (Å²) in [5.74, 6) is 0.907. The Morgan fingerprint density at radius 3 is 2.74 bits per heavy atom. The second-order valence-corrected chi connectivity index (χ2v) is 4.73. The molecule has 2 N–H and O–H groups in total. The van der Waals surface area contributed by atoms with E-state index in [1.54, 1.807) is 7.11 Å². The predicted molar refractivity (Wildman–Crippen MR) is 78.9 cm³/mol. The van der Waals surface area contributed by atoms with E-state index in [2.05, 4.69) is 47.0 Å². The molecule has 0 amide bonds. The van der Waals surface area contributed by atoms with Gasteiger partial charge in [-0.15, -0.1) is 0 Å². The van der Waals surface area contributed by atoms with E-state index < -0.39 is 0 Å². The van der Waals surface area contributed by atoms with Crippen LogP contribution < -0.4 is 15.4 Å². The van der Waals surface area contributed by atoms with E-state index in [1.807, 2.05) is 12.1 Å². The molecule has 3 heteroatoms. The van der Waals surface area contributed by atoms with Crippen molar-refractivity contribution in [2.45, 2.75) is 12.5 Å². The number of hydrogen-bond acceptors (Lipinski definition) is 3. The van der Waals surface area contributed by atoms with Crippen molar-refractivity contribution in [1.29, 1.82) is 0 Å². The highest BCUT2D eigenvalue weighted by atomic mass is 16.5. The van der Waals surface area contributed by atoms with Gasteiger partial charge >= 0.3 is 0 Å². The maximum absolute atomic E-state index is 5.30. The van der Waals surface area contributed by atoms with Gasteiger partial charge in [-0.3, -0.25) is 0 Å². The molecule has 98 valence electrons. The van der Waals surface area contributed by atoms with E-state index in [-0.39, 0.29) is 0 Å². The van der Waals surface area contributed by atoms with Crippen molar-refractivity contribution in [3.63, 3.8) is 0 Å². The summed E-state index contributed by atoms with van der Waals surface area (Å²) >= 11 is 0. The van der Waals surface area contributed by atoms with Gasteiger partial charge in [0.15, 0.2) is 0 Å². The fourth-order valence-electron chi connectivity index (χ4n) is 2.48. The second kappa shape index (κ2) is 5.22. The van der Waals surface area contributed by atoms with Crippen LogP contribution in [-0.4, -0.2) is 13.7 Å². The SMILES string of the molecule is COc1cccc([C@H]2CCNc3ccccc3N2)c1. The van der Waals surface area contributed by atoms with Gasteiger partial charge in [-0.2, -0.15) is 0 Å². The van der Waals surface area contributed by atoms with Crippen LogP contribution >= 0.6 is 0 Å². The van der Waals surface area contributed by atoms with Crippen molar-refractivity contribution in [3.8, 4) is 5.75 Å². The fraction of sp³-hybridized carbons (Fsp3) is 0.250. The summed E-state index contributed by atoms with van der Waals surface area (Å²) in [6.07, 6.45) is 1.04. The largest absolute Gasteiger partial charge is 0.497 e. The van der Waals surface area contributed by atoms with Crippen molar-refractivity contribution in [2.75, 3.05) is 24.3 Å². The van der Waals surface area contributed by atoms with Gasteiger partial charge in [0.2, 0.25) is 0 Å². The normalized spacial score (nSPS) is 17.6. The van der Waals surface area contributed by atoms with Crippen LogP contribution in [0.4, 0.5) is 11.4 Å². The van der Waals surface area contributed by atoms with E-state index in [4.69, 9.17) is 4.74 Å². The molecule has 0 spiro atoms. The van der Waals surface area contributed by atoms with E-state index in [9.17, 15) is 0 Å². The maximum Gasteiger partial charge on any atom is 0.119 e. The summed E-state index contributed by atoms with van der Waals surface area (Å²) < 4.78 is 5.30. The van der Waals surface area contributed by atoms with Gasteiger partial charge in [0, 0.05) is 6.54 Å². The molecular weight excluding hydrogens is 236 g/mol. The number of hydrogen-bond donors (Lipinski definition) is 2. The first-order valence-corrected chi connectivity index (χ1v) is 6.60. The highest BCUT2D eigenvalue weighted by Gasteiger charge is 2.16. The van der Waals surface area contributed by atoms with Crippen molar-refractivity contribution >= 4 is 11.4 Å². The highest BCUT2D eigenvalue weighted by Crippen LogP contribution is 2.32. The molecule has 0 saturated heterocycles. The molecular formula is C16H18N2O. The molecule has 1 aliphatic rings. The number of methoxy groups -OCH3 is 1. The molecule has 19 heavy (non-hydrogen) atoms. The minimum atomic E-state index is 0.311. The molecule has 0 bridgehead atoms. The van der Waals surface area contributed by atoms with E-state index in [0.717, 1.165) is 24.4 Å². The highest BCUT2D eigenvalue weighted by molar-refractivity contribution is 5.70. The van der Waals surface area contributed by atoms with E-state index in [1.165, 1.54) is 11.3 Å². The summed E-state index contributed by atoms with van der Waals surface area (Å²) in [7, 11) is 1.70. The Bertz CT molecular complexity index is 568. The van der Waals surface area contributed by atoms with Crippen LogP contribution in [0.5, 0.6) is 5.75 Å². The second-order valence-electron chi connectivity index (χ2n) is 4.73. The number of fused-ring (bicyclic) bond motifs is 1. The Morgan fingerprint density at radius 1 is 1.05 bits per heavy atom. The molecule has 3 nitrogen and oxygen atoms in total. The summed E-state index contributed by atoms with van der Waals surface area (Å²) in [6.45, 7) is 0.964. The molecule has 2 aromatic carbocycles. The van der Waals surface area contributed by atoms with Crippen LogP contribution in [-0.2, 0) is 0 Å². The number of nitrogens with one attached hydrogen (secondary N) is 2. The van der Waals surface area contributed by atoms with Gasteiger partial charge in [0.25, 0.3) is 0 Å². The lowest BCUT2D eigenvalue weighted by atomic mass is 10.0. The zero-order valence-electron chi connectivity index (χ0n) is 11.0. The van der Waals surface area contributed by atoms with Gasteiger partial charge in [-0.05, 0) is 36.2 Å². The lowest BCUT2D eigenvalue weighted by Gasteiger charge is -2.18. The van der Waals surface area contributed by atoms with Crippen LogP contribution in [0.3, 0.4) is 0 Å². The number of benzene rings is 2. The predicted octanol–water partition coefficient (Wildman–Crippen LogP) is 3.66. The summed E-state index contributed by atoms with van der Waals surface area (Å²) in [5, 5.41) is 7.07. The van der Waals surface area contributed by atoms with Crippen molar-refractivity contribution in [1.82, 2.24) is 0 Å². The molecule has 0 unspecified atom stereocenters. The van der Waals surface area contributed by atoms with Crippen LogP contribution in [0.15, 0.2) is 48.5 Å². The average Bonchev–Trinajstić information content (AvgIpc) is 2.69. The van der Waals surface area contributed by atoms with Crippen LogP contribution in [0.2, 0.25) is 0 Å². The standard InChI is InChI=1S/C16H18N2O/c1-19-13-6-4-5-12(11-13)14-9-10-17-15-7-2-3-8-16(15)18-14/h2-8,11,14,17-18H,9-10H2,1H3/t14-/m1/s1. The minimum Gasteiger partial charge on any atom is -0.497 e. The number of para-hydroxylation sites is 2. The molecule has 1 heterocycles. The van der Waals surface area contributed by atoms with Crippen molar-refractivity contribution in [3.05, 3.63) is 54.1 Å². The van der Waals surface area contributed by atoms with Gasteiger partial charge in [-0.1, -0.05) is 24.3 Å². The number of anilines is 2. The summed E-state index contributed by atoms with van der Waals surface area (Å²) in [6, 6.07) is 16.9. The minimum absolute atomic E-state index is 0.311. The summed E-state index contributed by atoms with van der Waals surface area (Å²) in [4.78, 5) is 0. The third kappa shape index (κ3) is 2.50. The zero-order chi connectivity index (χ0) is 13.1. The van der Waals surface area contributed by atoms with Crippen molar-refractivity contribution < 1.29 is 4.74 Å². The smallest absolute Gasteiger partial charge is 0.119 e. The first kappa shape index (κ1) is 11.9. The Kier molecular flexibility index (Phi) is 3.27. The monoisotopic (exact) mass is 254 g/mol. The quantitative estimate of drug-likeness (QED) is 0.858. The molecule has 0 radical (unpaired) electrons. The zero-order valence-corrected chi connectivity index (χ0v) is 11.0. The first-order valence-electron chi connectivity index (χ1n) is 6.60. The first-order chi connectivity index (χ1) is 9.36. The summed E-state index contributed by atoms with van der Waals surface area (Å²) in [5.41, 5.74) is 3.60. The molecule has 1 aliphatic heterocycles. The third-order valence-corrected chi connectivity index (χ3v) is 3.50. The van der Waals surface area contributed by atoms with Crippen molar-refractivity contribution in [2.24, 2.45) is 0 Å². The molecule has 0 aromatic heterocycles. The Balaban J connectivity index is 1.89. The van der Waals surface area contributed by atoms with Gasteiger partial charge in [0.1, 0.15) is 5.75 Å². The Morgan fingerprint density at radius 2 is 1.89 bits per heavy atom. The average molecular weight is 254 g/mol. The third-order valence-electron chi connectivity index (χ3n) is 3.50. The van der Waals surface area contributed by atoms with E-state index >= 15 is 0 Å². The van der Waals surface area contributed by atoms with Crippen LogP contribution in [0.1, 0.15) is 18.0 Å². The lowest BCUT2D eigenvalue weighted by molar-refractivity contribution is 0.414. The molecule has 3 rings (SSSR count). The molecule has 0 saturated carbocycles.